The van der Waals surface area contributed by atoms with Gasteiger partial charge in [0.25, 0.3) is 0 Å². The molecule has 0 amide bonds. The van der Waals surface area contributed by atoms with Crippen LogP contribution in [-0.2, 0) is 0 Å². The van der Waals surface area contributed by atoms with E-state index in [2.05, 4.69) is 10.2 Å². The van der Waals surface area contributed by atoms with Gasteiger partial charge in [0.15, 0.2) is 0 Å². The molecule has 0 radical (unpaired) electrons. The van der Waals surface area contributed by atoms with Crippen LogP contribution in [0, 0.1) is 5.82 Å². The summed E-state index contributed by atoms with van der Waals surface area (Å²) in [5.74, 6) is -0.358. The number of halogens is 2. The lowest BCUT2D eigenvalue weighted by Crippen LogP contribution is -2.34. The van der Waals surface area contributed by atoms with Crippen molar-refractivity contribution in [1.29, 1.82) is 0 Å². The van der Waals surface area contributed by atoms with Crippen molar-refractivity contribution in [3.8, 4) is 0 Å². The first-order chi connectivity index (χ1) is 8.70. The van der Waals surface area contributed by atoms with E-state index in [0.717, 1.165) is 38.2 Å². The average Bonchev–Trinajstić information content (AvgIpc) is 2.58. The second-order valence-corrected chi connectivity index (χ2v) is 4.98. The molecule has 0 saturated carbocycles. The highest BCUT2D eigenvalue weighted by molar-refractivity contribution is 6.30. The van der Waals surface area contributed by atoms with E-state index in [1.165, 1.54) is 12.1 Å². The van der Waals surface area contributed by atoms with Crippen LogP contribution in [0.5, 0.6) is 0 Å². The van der Waals surface area contributed by atoms with E-state index in [1.807, 2.05) is 0 Å². The van der Waals surface area contributed by atoms with Gasteiger partial charge in [-0.2, -0.15) is 0 Å². The molecule has 1 fully saturated rings. The Morgan fingerprint density at radius 2 is 2.17 bits per heavy atom. The van der Waals surface area contributed by atoms with Crippen molar-refractivity contribution in [2.45, 2.75) is 12.5 Å². The number of hydrogen-bond donors (Lipinski definition) is 2. The van der Waals surface area contributed by atoms with Crippen molar-refractivity contribution >= 4 is 11.6 Å². The molecular weight excluding hydrogens is 255 g/mol. The fraction of sp³-hybridized carbons (Fsp3) is 0.538. The van der Waals surface area contributed by atoms with E-state index >= 15 is 0 Å². The standard InChI is InChI=1S/C13H18ClFN2O/c14-11-6-10(7-12(15)8-11)13(9-18)17-4-1-2-16-3-5-17/h6-8,13,16,18H,1-5,9H2. The van der Waals surface area contributed by atoms with Gasteiger partial charge in [0.2, 0.25) is 0 Å². The number of hydrogen-bond acceptors (Lipinski definition) is 3. The van der Waals surface area contributed by atoms with Gasteiger partial charge < -0.3 is 10.4 Å². The molecule has 1 unspecified atom stereocenters. The molecule has 1 aliphatic rings. The maximum atomic E-state index is 13.4. The second-order valence-electron chi connectivity index (χ2n) is 4.54. The van der Waals surface area contributed by atoms with E-state index < -0.39 is 0 Å². The van der Waals surface area contributed by atoms with Crippen LogP contribution in [0.1, 0.15) is 18.0 Å². The van der Waals surface area contributed by atoms with Crippen LogP contribution in [0.25, 0.3) is 0 Å². The summed E-state index contributed by atoms with van der Waals surface area (Å²) >= 11 is 5.87. The summed E-state index contributed by atoms with van der Waals surface area (Å²) < 4.78 is 13.4. The monoisotopic (exact) mass is 272 g/mol. The van der Waals surface area contributed by atoms with Crippen molar-refractivity contribution < 1.29 is 9.50 Å². The molecule has 3 nitrogen and oxygen atoms in total. The first-order valence-corrected chi connectivity index (χ1v) is 6.60. The first kappa shape index (κ1) is 13.7. The fourth-order valence-electron chi connectivity index (χ4n) is 2.38. The van der Waals surface area contributed by atoms with Crippen LogP contribution in [0.3, 0.4) is 0 Å². The fourth-order valence-corrected chi connectivity index (χ4v) is 2.61. The number of benzene rings is 1. The van der Waals surface area contributed by atoms with Gasteiger partial charge in [-0.15, -0.1) is 0 Å². The van der Waals surface area contributed by atoms with Gasteiger partial charge in [0, 0.05) is 24.7 Å². The molecule has 0 spiro atoms. The van der Waals surface area contributed by atoms with Gasteiger partial charge >= 0.3 is 0 Å². The predicted molar refractivity (Wildman–Crippen MR) is 70.3 cm³/mol. The summed E-state index contributed by atoms with van der Waals surface area (Å²) in [6.07, 6.45) is 1.03. The van der Waals surface area contributed by atoms with E-state index in [0.29, 0.717) is 5.02 Å². The Labute approximate surface area is 112 Å². The van der Waals surface area contributed by atoms with Gasteiger partial charge in [0.05, 0.1) is 12.6 Å². The van der Waals surface area contributed by atoms with Crippen LogP contribution in [0.4, 0.5) is 4.39 Å². The lowest BCUT2D eigenvalue weighted by atomic mass is 10.1. The molecule has 0 aliphatic carbocycles. The number of aliphatic hydroxyl groups is 1. The highest BCUT2D eigenvalue weighted by atomic mass is 35.5. The van der Waals surface area contributed by atoms with E-state index in [9.17, 15) is 9.50 Å². The highest BCUT2D eigenvalue weighted by Crippen LogP contribution is 2.25. The van der Waals surface area contributed by atoms with Crippen molar-refractivity contribution in [3.63, 3.8) is 0 Å². The molecule has 1 heterocycles. The lowest BCUT2D eigenvalue weighted by molar-refractivity contribution is 0.129. The molecule has 1 aromatic rings. The van der Waals surface area contributed by atoms with Gasteiger partial charge in [-0.25, -0.2) is 4.39 Å². The quantitative estimate of drug-likeness (QED) is 0.881. The van der Waals surface area contributed by atoms with Crippen molar-refractivity contribution in [2.24, 2.45) is 0 Å². The summed E-state index contributed by atoms with van der Waals surface area (Å²) in [4.78, 5) is 2.17. The normalized spacial score (nSPS) is 19.5. The molecule has 2 N–H and O–H groups in total. The predicted octanol–water partition coefficient (Wildman–Crippen LogP) is 1.81. The Balaban J connectivity index is 2.20. The third-order valence-corrected chi connectivity index (χ3v) is 3.48. The minimum atomic E-state index is -0.358. The number of aliphatic hydroxyl groups excluding tert-OH is 1. The Bertz CT molecular complexity index is 374. The number of nitrogens with one attached hydrogen (secondary N) is 1. The van der Waals surface area contributed by atoms with Crippen LogP contribution in [-0.4, -0.2) is 42.8 Å². The molecule has 0 bridgehead atoms. The van der Waals surface area contributed by atoms with Gasteiger partial charge in [-0.3, -0.25) is 4.90 Å². The van der Waals surface area contributed by atoms with E-state index in [-0.39, 0.29) is 18.5 Å². The summed E-state index contributed by atoms with van der Waals surface area (Å²) in [5.41, 5.74) is 0.740. The summed E-state index contributed by atoms with van der Waals surface area (Å²) in [6, 6.07) is 4.27. The van der Waals surface area contributed by atoms with Crippen LogP contribution in [0.2, 0.25) is 5.02 Å². The molecule has 100 valence electrons. The Hall–Kier alpha value is -0.680. The molecule has 2 rings (SSSR count). The average molecular weight is 273 g/mol. The molecule has 18 heavy (non-hydrogen) atoms. The molecule has 1 saturated heterocycles. The maximum absolute atomic E-state index is 13.4. The van der Waals surface area contributed by atoms with Gasteiger partial charge in [-0.05, 0) is 36.7 Å². The Morgan fingerprint density at radius 1 is 1.33 bits per heavy atom. The Morgan fingerprint density at radius 3 is 2.89 bits per heavy atom. The van der Waals surface area contributed by atoms with Gasteiger partial charge in [0.1, 0.15) is 5.82 Å². The number of rotatable bonds is 3. The largest absolute Gasteiger partial charge is 0.394 e. The Kier molecular flexibility index (Phi) is 4.95. The highest BCUT2D eigenvalue weighted by Gasteiger charge is 2.21. The minimum Gasteiger partial charge on any atom is -0.394 e. The smallest absolute Gasteiger partial charge is 0.125 e. The van der Waals surface area contributed by atoms with Crippen LogP contribution < -0.4 is 5.32 Å². The maximum Gasteiger partial charge on any atom is 0.125 e. The minimum absolute atomic E-state index is 0.0280. The van der Waals surface area contributed by atoms with Gasteiger partial charge in [-0.1, -0.05) is 11.6 Å². The zero-order valence-corrected chi connectivity index (χ0v) is 11.0. The lowest BCUT2D eigenvalue weighted by Gasteiger charge is -2.29. The number of nitrogens with zero attached hydrogens (tertiary/aromatic N) is 1. The summed E-state index contributed by atoms with van der Waals surface area (Å²) in [5, 5.41) is 13.3. The van der Waals surface area contributed by atoms with Crippen molar-refractivity contribution in [2.75, 3.05) is 32.8 Å². The molecule has 1 aliphatic heterocycles. The van der Waals surface area contributed by atoms with Crippen molar-refractivity contribution in [3.05, 3.63) is 34.6 Å². The molecule has 1 aromatic carbocycles. The molecule has 5 heteroatoms. The van der Waals surface area contributed by atoms with E-state index in [1.54, 1.807) is 6.07 Å². The topological polar surface area (TPSA) is 35.5 Å². The summed E-state index contributed by atoms with van der Waals surface area (Å²) in [7, 11) is 0. The zero-order chi connectivity index (χ0) is 13.0. The SMILES string of the molecule is OCC(c1cc(F)cc(Cl)c1)N1CCCNCC1. The molecular formula is C13H18ClFN2O. The van der Waals surface area contributed by atoms with Crippen LogP contribution in [0.15, 0.2) is 18.2 Å². The summed E-state index contributed by atoms with van der Waals surface area (Å²) in [6.45, 7) is 3.59. The first-order valence-electron chi connectivity index (χ1n) is 6.22. The molecule has 1 atom stereocenters. The zero-order valence-electron chi connectivity index (χ0n) is 10.2. The molecule has 0 aromatic heterocycles. The van der Waals surface area contributed by atoms with E-state index in [4.69, 9.17) is 11.6 Å². The second kappa shape index (κ2) is 6.48. The van der Waals surface area contributed by atoms with Crippen LogP contribution >= 0.6 is 11.6 Å². The third-order valence-electron chi connectivity index (χ3n) is 3.26. The van der Waals surface area contributed by atoms with Crippen molar-refractivity contribution in [1.82, 2.24) is 10.2 Å². The third kappa shape index (κ3) is 3.42.